The molecule has 1 N–H and O–H groups in total. The van der Waals surface area contributed by atoms with Crippen molar-refractivity contribution in [1.29, 1.82) is 0 Å². The predicted molar refractivity (Wildman–Crippen MR) is 63.5 cm³/mol. The van der Waals surface area contributed by atoms with Crippen LogP contribution in [0.25, 0.3) is 0 Å². The van der Waals surface area contributed by atoms with E-state index in [9.17, 15) is 0 Å². The molecule has 2 heteroatoms. The minimum atomic E-state index is 0.574. The smallest absolute Gasteiger partial charge is 0.0197 e. The van der Waals surface area contributed by atoms with Crippen molar-refractivity contribution in [3.63, 3.8) is 0 Å². The van der Waals surface area contributed by atoms with E-state index in [1.165, 1.54) is 5.70 Å². The van der Waals surface area contributed by atoms with Gasteiger partial charge in [0.1, 0.15) is 0 Å². The van der Waals surface area contributed by atoms with Crippen LogP contribution in [0.1, 0.15) is 27.7 Å². The van der Waals surface area contributed by atoms with Crippen molar-refractivity contribution in [2.45, 2.75) is 27.7 Å². The lowest BCUT2D eigenvalue weighted by atomic mass is 10.2. The van der Waals surface area contributed by atoms with Crippen LogP contribution in [0.15, 0.2) is 22.6 Å². The molecule has 1 nitrogen and oxygen atoms in total. The Balaban J connectivity index is 3.93. The summed E-state index contributed by atoms with van der Waals surface area (Å²) in [7, 11) is 1.97. The van der Waals surface area contributed by atoms with Gasteiger partial charge in [-0.05, 0) is 22.7 Å². The van der Waals surface area contributed by atoms with E-state index in [4.69, 9.17) is 0 Å². The number of rotatable bonds is 5. The Bertz CT molecular complexity index is 181. The summed E-state index contributed by atoms with van der Waals surface area (Å²) in [6.45, 7) is 8.74. The highest BCUT2D eigenvalue weighted by Gasteiger charge is 1.97. The molecule has 0 aromatic carbocycles. The second kappa shape index (κ2) is 7.07. The van der Waals surface area contributed by atoms with Gasteiger partial charge in [0.15, 0.2) is 0 Å². The molecule has 0 heterocycles. The average molecular weight is 199 g/mol. The van der Waals surface area contributed by atoms with Crippen molar-refractivity contribution in [3.8, 4) is 0 Å². The van der Waals surface area contributed by atoms with Gasteiger partial charge in [-0.1, -0.05) is 33.8 Å². The Kier molecular flexibility index (Phi) is 6.87. The van der Waals surface area contributed by atoms with Gasteiger partial charge in [-0.15, -0.1) is 11.8 Å². The molecule has 0 fully saturated rings. The van der Waals surface area contributed by atoms with E-state index in [0.29, 0.717) is 11.8 Å². The van der Waals surface area contributed by atoms with Crippen LogP contribution in [0, 0.1) is 11.8 Å². The molecule has 0 aliphatic heterocycles. The molecule has 0 amide bonds. The van der Waals surface area contributed by atoms with Gasteiger partial charge in [-0.2, -0.15) is 0 Å². The van der Waals surface area contributed by atoms with Crippen molar-refractivity contribution in [2.75, 3.05) is 7.05 Å². The third-order valence-corrected chi connectivity index (χ3v) is 2.35. The molecule has 0 rings (SSSR count). The highest BCUT2D eigenvalue weighted by Crippen LogP contribution is 2.14. The molecule has 0 bridgehead atoms. The molecule has 0 saturated heterocycles. The van der Waals surface area contributed by atoms with Crippen LogP contribution >= 0.6 is 11.8 Å². The standard InChI is InChI=1S/C11H21NS/c1-9(2)6-7-13-8-11(12-5)10(3)4/h6-10,12H,1-5H3/b7-6+,11-8-. The molecule has 0 aromatic rings. The van der Waals surface area contributed by atoms with E-state index >= 15 is 0 Å². The fourth-order valence-corrected chi connectivity index (χ4v) is 1.82. The lowest BCUT2D eigenvalue weighted by Crippen LogP contribution is -2.10. The molecule has 0 aromatic heterocycles. The number of thioether (sulfide) groups is 1. The van der Waals surface area contributed by atoms with Crippen LogP contribution in [0.5, 0.6) is 0 Å². The third kappa shape index (κ3) is 6.76. The zero-order valence-electron chi connectivity index (χ0n) is 9.29. The highest BCUT2D eigenvalue weighted by atomic mass is 32.2. The first-order valence-electron chi connectivity index (χ1n) is 4.77. The van der Waals surface area contributed by atoms with E-state index in [-0.39, 0.29) is 0 Å². The van der Waals surface area contributed by atoms with Gasteiger partial charge in [0.2, 0.25) is 0 Å². The van der Waals surface area contributed by atoms with Crippen LogP contribution in [-0.2, 0) is 0 Å². The first-order chi connectivity index (χ1) is 6.07. The van der Waals surface area contributed by atoms with Crippen LogP contribution < -0.4 is 5.32 Å². The summed E-state index contributed by atoms with van der Waals surface area (Å²) in [5.74, 6) is 1.21. The quantitative estimate of drug-likeness (QED) is 0.726. The summed E-state index contributed by atoms with van der Waals surface area (Å²) >= 11 is 1.74. The Labute approximate surface area is 86.7 Å². The fourth-order valence-electron chi connectivity index (χ4n) is 0.799. The van der Waals surface area contributed by atoms with Crippen LogP contribution in [0.3, 0.4) is 0 Å². The first kappa shape index (κ1) is 12.6. The highest BCUT2D eigenvalue weighted by molar-refractivity contribution is 8.04. The largest absolute Gasteiger partial charge is 0.391 e. The summed E-state index contributed by atoms with van der Waals surface area (Å²) < 4.78 is 0. The lowest BCUT2D eigenvalue weighted by Gasteiger charge is -2.09. The Morgan fingerprint density at radius 2 is 1.85 bits per heavy atom. The van der Waals surface area contributed by atoms with Crippen molar-refractivity contribution in [3.05, 3.63) is 22.6 Å². The summed E-state index contributed by atoms with van der Waals surface area (Å²) in [4.78, 5) is 0. The minimum absolute atomic E-state index is 0.574. The van der Waals surface area contributed by atoms with Gasteiger partial charge >= 0.3 is 0 Å². The van der Waals surface area contributed by atoms with E-state index in [1.807, 2.05) is 7.05 Å². The normalized spacial score (nSPS) is 13.3. The Morgan fingerprint density at radius 3 is 2.23 bits per heavy atom. The summed E-state index contributed by atoms with van der Waals surface area (Å²) in [6.07, 6.45) is 2.20. The SMILES string of the molecule is CN/C(=C\S/C=C/C(C)C)C(C)C. The van der Waals surface area contributed by atoms with E-state index in [0.717, 1.165) is 0 Å². The van der Waals surface area contributed by atoms with Gasteiger partial charge in [0, 0.05) is 12.7 Å². The molecule has 0 saturated carbocycles. The van der Waals surface area contributed by atoms with Crippen molar-refractivity contribution in [1.82, 2.24) is 5.32 Å². The first-order valence-corrected chi connectivity index (χ1v) is 5.72. The monoisotopic (exact) mass is 199 g/mol. The second-order valence-electron chi connectivity index (χ2n) is 3.69. The van der Waals surface area contributed by atoms with Crippen LogP contribution in [-0.4, -0.2) is 7.05 Å². The molecule has 0 aliphatic rings. The zero-order chi connectivity index (χ0) is 10.3. The summed E-state index contributed by atoms with van der Waals surface area (Å²) in [6, 6.07) is 0. The third-order valence-electron chi connectivity index (χ3n) is 1.65. The average Bonchev–Trinajstić information content (AvgIpc) is 2.03. The maximum atomic E-state index is 3.20. The van der Waals surface area contributed by atoms with Crippen LogP contribution in [0.4, 0.5) is 0 Å². The molecular formula is C11H21NS. The Hall–Kier alpha value is -0.370. The van der Waals surface area contributed by atoms with E-state index in [1.54, 1.807) is 11.8 Å². The molecule has 0 unspecified atom stereocenters. The lowest BCUT2D eigenvalue weighted by molar-refractivity contribution is 0.702. The molecule has 13 heavy (non-hydrogen) atoms. The van der Waals surface area contributed by atoms with E-state index < -0.39 is 0 Å². The van der Waals surface area contributed by atoms with Gasteiger partial charge in [-0.25, -0.2) is 0 Å². The van der Waals surface area contributed by atoms with Crippen LogP contribution in [0.2, 0.25) is 0 Å². The molecule has 76 valence electrons. The number of nitrogens with one attached hydrogen (secondary N) is 1. The molecule has 0 spiro atoms. The van der Waals surface area contributed by atoms with Crippen molar-refractivity contribution in [2.24, 2.45) is 11.8 Å². The Morgan fingerprint density at radius 1 is 1.23 bits per heavy atom. The number of hydrogen-bond acceptors (Lipinski definition) is 2. The second-order valence-corrected chi connectivity index (χ2v) is 4.47. The van der Waals surface area contributed by atoms with Gasteiger partial charge < -0.3 is 5.32 Å². The molecule has 0 aliphatic carbocycles. The number of hydrogen-bond donors (Lipinski definition) is 1. The van der Waals surface area contributed by atoms with Gasteiger partial charge in [-0.3, -0.25) is 0 Å². The predicted octanol–water partition coefficient (Wildman–Crippen LogP) is 3.61. The zero-order valence-corrected chi connectivity index (χ0v) is 10.1. The maximum absolute atomic E-state index is 3.20. The molecule has 0 atom stereocenters. The topological polar surface area (TPSA) is 12.0 Å². The van der Waals surface area contributed by atoms with Crippen molar-refractivity contribution < 1.29 is 0 Å². The summed E-state index contributed by atoms with van der Waals surface area (Å²) in [5.41, 5.74) is 1.29. The fraction of sp³-hybridized carbons (Fsp3) is 0.636. The van der Waals surface area contributed by atoms with Crippen molar-refractivity contribution >= 4 is 11.8 Å². The maximum Gasteiger partial charge on any atom is 0.0197 e. The summed E-state index contributed by atoms with van der Waals surface area (Å²) in [5, 5.41) is 7.51. The van der Waals surface area contributed by atoms with E-state index in [2.05, 4.69) is 49.9 Å². The van der Waals surface area contributed by atoms with Gasteiger partial charge in [0.05, 0.1) is 0 Å². The van der Waals surface area contributed by atoms with Gasteiger partial charge in [0.25, 0.3) is 0 Å². The minimum Gasteiger partial charge on any atom is -0.391 e. The molecule has 0 radical (unpaired) electrons. The number of allylic oxidation sites excluding steroid dienone is 2. The molecular weight excluding hydrogens is 178 g/mol.